The number of carbonyl (C=O) groups is 1. The molecule has 0 saturated heterocycles. The largest absolute Gasteiger partial charge is 0.364 e. The van der Waals surface area contributed by atoms with Crippen LogP contribution < -0.4 is 5.73 Å². The third kappa shape index (κ3) is 1.78. The molecule has 4 heteroatoms. The molecule has 2 heterocycles. The molecule has 0 aliphatic carbocycles. The topological polar surface area (TPSA) is 71.8 Å². The number of primary amides is 1. The standard InChI is InChI=1S/C18H13N3O/c19-18(22)17-15(11-6-2-1-3-7-11)16-12-8-4-5-9-13(12)21-14(16)10-20-17/h1-10,21H,(H2,19,22). The number of hydrogen-bond donors (Lipinski definition) is 2. The van der Waals surface area contributed by atoms with Crippen LogP contribution in [-0.4, -0.2) is 15.9 Å². The number of H-pyrrole nitrogens is 1. The van der Waals surface area contributed by atoms with Gasteiger partial charge in [0.15, 0.2) is 0 Å². The number of fused-ring (bicyclic) bond motifs is 3. The average Bonchev–Trinajstić information content (AvgIpc) is 2.93. The lowest BCUT2D eigenvalue weighted by atomic mass is 9.98. The summed E-state index contributed by atoms with van der Waals surface area (Å²) in [4.78, 5) is 19.5. The van der Waals surface area contributed by atoms with E-state index < -0.39 is 5.91 Å². The van der Waals surface area contributed by atoms with E-state index in [1.165, 1.54) is 0 Å². The van der Waals surface area contributed by atoms with E-state index in [9.17, 15) is 4.79 Å². The van der Waals surface area contributed by atoms with Crippen LogP contribution in [0.3, 0.4) is 0 Å². The maximum Gasteiger partial charge on any atom is 0.267 e. The van der Waals surface area contributed by atoms with E-state index in [0.29, 0.717) is 5.69 Å². The first kappa shape index (κ1) is 12.6. The van der Waals surface area contributed by atoms with E-state index >= 15 is 0 Å². The minimum Gasteiger partial charge on any atom is -0.364 e. The predicted molar refractivity (Wildman–Crippen MR) is 87.6 cm³/mol. The molecule has 0 atom stereocenters. The fourth-order valence-electron chi connectivity index (χ4n) is 2.91. The highest BCUT2D eigenvalue weighted by Crippen LogP contribution is 2.35. The van der Waals surface area contributed by atoms with Gasteiger partial charge < -0.3 is 10.7 Å². The van der Waals surface area contributed by atoms with Gasteiger partial charge in [-0.15, -0.1) is 0 Å². The molecule has 106 valence electrons. The number of aromatic amines is 1. The molecule has 4 nitrogen and oxygen atoms in total. The Labute approximate surface area is 126 Å². The van der Waals surface area contributed by atoms with Crippen LogP contribution >= 0.6 is 0 Å². The lowest BCUT2D eigenvalue weighted by molar-refractivity contribution is 0.0996. The van der Waals surface area contributed by atoms with Crippen LogP contribution in [0.2, 0.25) is 0 Å². The van der Waals surface area contributed by atoms with E-state index in [-0.39, 0.29) is 0 Å². The summed E-state index contributed by atoms with van der Waals surface area (Å²) < 4.78 is 0. The average molecular weight is 287 g/mol. The number of benzene rings is 2. The molecule has 0 radical (unpaired) electrons. The molecule has 1 amide bonds. The van der Waals surface area contributed by atoms with E-state index in [1.807, 2.05) is 54.6 Å². The summed E-state index contributed by atoms with van der Waals surface area (Å²) in [5.74, 6) is -0.522. The van der Waals surface area contributed by atoms with Crippen LogP contribution in [0.4, 0.5) is 0 Å². The molecule has 0 unspecified atom stereocenters. The number of hydrogen-bond acceptors (Lipinski definition) is 2. The molecule has 0 spiro atoms. The first-order chi connectivity index (χ1) is 10.8. The zero-order valence-corrected chi connectivity index (χ0v) is 11.7. The number of amides is 1. The lowest BCUT2D eigenvalue weighted by Gasteiger charge is -2.08. The Morgan fingerprint density at radius 2 is 1.68 bits per heavy atom. The zero-order chi connectivity index (χ0) is 15.1. The normalized spacial score (nSPS) is 11.1. The molecule has 0 fully saturated rings. The molecule has 3 N–H and O–H groups in total. The second-order valence-electron chi connectivity index (χ2n) is 5.17. The van der Waals surface area contributed by atoms with Gasteiger partial charge in [-0.1, -0.05) is 48.5 Å². The minimum atomic E-state index is -0.522. The monoisotopic (exact) mass is 287 g/mol. The Kier molecular flexibility index (Phi) is 2.69. The Bertz CT molecular complexity index is 1000. The molecule has 0 bridgehead atoms. The summed E-state index contributed by atoms with van der Waals surface area (Å²) in [5, 5.41) is 2.03. The van der Waals surface area contributed by atoms with Crippen LogP contribution in [0.15, 0.2) is 60.8 Å². The summed E-state index contributed by atoms with van der Waals surface area (Å²) in [6.45, 7) is 0. The number of para-hydroxylation sites is 1. The number of aromatic nitrogens is 2. The van der Waals surface area contributed by atoms with Gasteiger partial charge in [0.1, 0.15) is 5.69 Å². The number of rotatable bonds is 2. The lowest BCUT2D eigenvalue weighted by Crippen LogP contribution is -2.14. The first-order valence-corrected chi connectivity index (χ1v) is 7.00. The van der Waals surface area contributed by atoms with Crippen molar-refractivity contribution < 1.29 is 4.79 Å². The molecule has 4 aromatic rings. The maximum atomic E-state index is 11.8. The summed E-state index contributed by atoms with van der Waals surface area (Å²) in [6.07, 6.45) is 1.67. The van der Waals surface area contributed by atoms with Crippen LogP contribution in [-0.2, 0) is 0 Å². The van der Waals surface area contributed by atoms with E-state index in [2.05, 4.69) is 9.97 Å². The van der Waals surface area contributed by atoms with Gasteiger partial charge in [-0.3, -0.25) is 4.79 Å². The summed E-state index contributed by atoms with van der Waals surface area (Å²) in [6, 6.07) is 17.7. The van der Waals surface area contributed by atoms with Crippen LogP contribution in [0.25, 0.3) is 32.9 Å². The van der Waals surface area contributed by atoms with Crippen LogP contribution in [0, 0.1) is 0 Å². The SMILES string of the molecule is NC(=O)c1ncc2[nH]c3ccccc3c2c1-c1ccccc1. The van der Waals surface area contributed by atoms with Gasteiger partial charge in [-0.2, -0.15) is 0 Å². The van der Waals surface area contributed by atoms with Crippen molar-refractivity contribution in [3.63, 3.8) is 0 Å². The molecule has 2 aromatic heterocycles. The highest BCUT2D eigenvalue weighted by Gasteiger charge is 2.18. The smallest absolute Gasteiger partial charge is 0.267 e. The van der Waals surface area contributed by atoms with E-state index in [0.717, 1.165) is 32.9 Å². The Balaban J connectivity index is 2.23. The van der Waals surface area contributed by atoms with Gasteiger partial charge >= 0.3 is 0 Å². The number of carbonyl (C=O) groups excluding carboxylic acids is 1. The Morgan fingerprint density at radius 3 is 2.45 bits per heavy atom. The molecular formula is C18H13N3O. The number of nitrogens with two attached hydrogens (primary N) is 1. The highest BCUT2D eigenvalue weighted by molar-refractivity contribution is 6.17. The quantitative estimate of drug-likeness (QED) is 0.592. The Morgan fingerprint density at radius 1 is 0.955 bits per heavy atom. The number of pyridine rings is 1. The minimum absolute atomic E-state index is 0.295. The van der Waals surface area contributed by atoms with E-state index in [1.54, 1.807) is 6.20 Å². The van der Waals surface area contributed by atoms with Crippen molar-refractivity contribution in [2.45, 2.75) is 0 Å². The molecule has 0 saturated carbocycles. The molecule has 2 aromatic carbocycles. The fraction of sp³-hybridized carbons (Fsp3) is 0. The van der Waals surface area contributed by atoms with Crippen molar-refractivity contribution in [3.8, 4) is 11.1 Å². The second-order valence-corrected chi connectivity index (χ2v) is 5.17. The number of nitrogens with zero attached hydrogens (tertiary/aromatic N) is 1. The van der Waals surface area contributed by atoms with Crippen molar-refractivity contribution in [1.29, 1.82) is 0 Å². The fourth-order valence-corrected chi connectivity index (χ4v) is 2.91. The van der Waals surface area contributed by atoms with Crippen LogP contribution in [0.1, 0.15) is 10.5 Å². The molecular weight excluding hydrogens is 274 g/mol. The van der Waals surface area contributed by atoms with Crippen molar-refractivity contribution >= 4 is 27.7 Å². The van der Waals surface area contributed by atoms with Crippen LogP contribution in [0.5, 0.6) is 0 Å². The van der Waals surface area contributed by atoms with Gasteiger partial charge in [-0.25, -0.2) is 4.98 Å². The van der Waals surface area contributed by atoms with Gasteiger partial charge in [0.25, 0.3) is 5.91 Å². The summed E-state index contributed by atoms with van der Waals surface area (Å²) >= 11 is 0. The van der Waals surface area contributed by atoms with E-state index in [4.69, 9.17) is 5.73 Å². The van der Waals surface area contributed by atoms with Gasteiger partial charge in [0.2, 0.25) is 0 Å². The van der Waals surface area contributed by atoms with Crippen molar-refractivity contribution in [3.05, 3.63) is 66.5 Å². The molecule has 0 aliphatic rings. The maximum absolute atomic E-state index is 11.8. The van der Waals surface area contributed by atoms with Crippen molar-refractivity contribution in [2.24, 2.45) is 5.73 Å². The predicted octanol–water partition coefficient (Wildman–Crippen LogP) is 3.48. The molecule has 0 aliphatic heterocycles. The van der Waals surface area contributed by atoms with Crippen molar-refractivity contribution in [2.75, 3.05) is 0 Å². The van der Waals surface area contributed by atoms with Crippen molar-refractivity contribution in [1.82, 2.24) is 9.97 Å². The first-order valence-electron chi connectivity index (χ1n) is 7.00. The van der Waals surface area contributed by atoms with Gasteiger partial charge in [0.05, 0.1) is 11.7 Å². The number of nitrogens with one attached hydrogen (secondary N) is 1. The Hall–Kier alpha value is -3.14. The summed E-state index contributed by atoms with van der Waals surface area (Å²) in [5.41, 5.74) is 9.46. The zero-order valence-electron chi connectivity index (χ0n) is 11.7. The molecule has 22 heavy (non-hydrogen) atoms. The van der Waals surface area contributed by atoms with Gasteiger partial charge in [0, 0.05) is 21.9 Å². The third-order valence-electron chi connectivity index (χ3n) is 3.84. The third-order valence-corrected chi connectivity index (χ3v) is 3.84. The van der Waals surface area contributed by atoms with Gasteiger partial charge in [-0.05, 0) is 11.6 Å². The highest BCUT2D eigenvalue weighted by atomic mass is 16.1. The second kappa shape index (κ2) is 4.70. The molecule has 4 rings (SSSR count). The summed E-state index contributed by atoms with van der Waals surface area (Å²) in [7, 11) is 0.